The highest BCUT2D eigenvalue weighted by Gasteiger charge is 2.17. The summed E-state index contributed by atoms with van der Waals surface area (Å²) in [6.07, 6.45) is 2.22. The molecule has 0 N–H and O–H groups in total. The number of nitrogens with zero attached hydrogens (tertiary/aromatic N) is 1. The predicted molar refractivity (Wildman–Crippen MR) is 129 cm³/mol. The van der Waals surface area contributed by atoms with Crippen LogP contribution in [0.3, 0.4) is 0 Å². The second-order valence-electron chi connectivity index (χ2n) is 8.90. The summed E-state index contributed by atoms with van der Waals surface area (Å²) < 4.78 is 8.51. The van der Waals surface area contributed by atoms with Gasteiger partial charge in [0.15, 0.2) is 6.20 Å². The minimum atomic E-state index is 0.487. The fraction of sp³-hybridized carbons (Fsp3) is 0.207. The van der Waals surface area contributed by atoms with Crippen molar-refractivity contribution >= 4 is 21.9 Å². The van der Waals surface area contributed by atoms with Gasteiger partial charge in [-0.15, -0.1) is 0 Å². The Labute approximate surface area is 183 Å². The molecule has 2 heterocycles. The Hall–Kier alpha value is -3.39. The van der Waals surface area contributed by atoms with Gasteiger partial charge in [-0.2, -0.15) is 0 Å². The van der Waals surface area contributed by atoms with E-state index in [4.69, 9.17) is 4.42 Å². The molecule has 0 aliphatic heterocycles. The first-order valence-corrected chi connectivity index (χ1v) is 11.0. The van der Waals surface area contributed by atoms with Gasteiger partial charge in [0, 0.05) is 28.0 Å². The fourth-order valence-corrected chi connectivity index (χ4v) is 4.54. The molecule has 0 saturated carbocycles. The smallest absolute Gasteiger partial charge is 0.213 e. The lowest BCUT2D eigenvalue weighted by molar-refractivity contribution is -0.660. The van der Waals surface area contributed by atoms with Gasteiger partial charge >= 0.3 is 0 Å². The summed E-state index contributed by atoms with van der Waals surface area (Å²) in [5, 5.41) is 2.36. The topological polar surface area (TPSA) is 17.0 Å². The molecule has 0 amide bonds. The molecular weight excluding hydrogens is 378 g/mol. The Morgan fingerprint density at radius 1 is 0.742 bits per heavy atom. The molecule has 2 heteroatoms. The zero-order valence-electron chi connectivity index (χ0n) is 18.9. The number of rotatable bonds is 3. The maximum atomic E-state index is 6.30. The fourth-order valence-electron chi connectivity index (χ4n) is 4.54. The van der Waals surface area contributed by atoms with Crippen LogP contribution in [0.25, 0.3) is 44.3 Å². The van der Waals surface area contributed by atoms with Crippen molar-refractivity contribution in [2.24, 2.45) is 7.05 Å². The Balaban J connectivity index is 1.67. The zero-order chi connectivity index (χ0) is 21.7. The van der Waals surface area contributed by atoms with Crippen LogP contribution in [0.2, 0.25) is 0 Å². The Kier molecular flexibility index (Phi) is 4.66. The van der Waals surface area contributed by atoms with Gasteiger partial charge in [-0.1, -0.05) is 50.2 Å². The number of benzene rings is 3. The van der Waals surface area contributed by atoms with Gasteiger partial charge in [0.05, 0.1) is 0 Å². The molecule has 0 aliphatic rings. The third-order valence-electron chi connectivity index (χ3n) is 6.37. The van der Waals surface area contributed by atoms with Gasteiger partial charge < -0.3 is 4.42 Å². The highest BCUT2D eigenvalue weighted by molar-refractivity contribution is 6.06. The summed E-state index contributed by atoms with van der Waals surface area (Å²) in [4.78, 5) is 0. The number of fused-ring (bicyclic) bond motifs is 3. The first kappa shape index (κ1) is 19.6. The maximum Gasteiger partial charge on any atom is 0.213 e. The summed E-state index contributed by atoms with van der Waals surface area (Å²) >= 11 is 0. The molecule has 0 unspecified atom stereocenters. The first-order chi connectivity index (χ1) is 14.9. The third-order valence-corrected chi connectivity index (χ3v) is 6.37. The quantitative estimate of drug-likeness (QED) is 0.284. The van der Waals surface area contributed by atoms with Crippen molar-refractivity contribution in [2.75, 3.05) is 0 Å². The normalized spacial score (nSPS) is 11.7. The molecule has 0 saturated heterocycles. The van der Waals surface area contributed by atoms with E-state index < -0.39 is 0 Å². The molecule has 2 aromatic heterocycles. The van der Waals surface area contributed by atoms with Crippen molar-refractivity contribution in [3.05, 3.63) is 89.6 Å². The lowest BCUT2D eigenvalue weighted by Crippen LogP contribution is -2.31. The van der Waals surface area contributed by atoms with Crippen molar-refractivity contribution in [3.63, 3.8) is 0 Å². The van der Waals surface area contributed by atoms with E-state index in [1.807, 2.05) is 0 Å². The minimum Gasteiger partial charge on any atom is -0.456 e. The monoisotopic (exact) mass is 406 g/mol. The summed E-state index contributed by atoms with van der Waals surface area (Å²) in [5.74, 6) is 0.487. The van der Waals surface area contributed by atoms with Gasteiger partial charge in [0.1, 0.15) is 18.2 Å². The minimum absolute atomic E-state index is 0.487. The van der Waals surface area contributed by atoms with Crippen LogP contribution in [0, 0.1) is 13.8 Å². The molecule has 154 valence electrons. The van der Waals surface area contributed by atoms with Gasteiger partial charge in [0.2, 0.25) is 5.69 Å². The van der Waals surface area contributed by atoms with Crippen molar-refractivity contribution < 1.29 is 8.98 Å². The van der Waals surface area contributed by atoms with E-state index in [2.05, 4.69) is 112 Å². The summed E-state index contributed by atoms with van der Waals surface area (Å²) in [6.45, 7) is 8.77. The number of pyridine rings is 1. The summed E-state index contributed by atoms with van der Waals surface area (Å²) in [5.41, 5.74) is 10.6. The Morgan fingerprint density at radius 3 is 2.19 bits per heavy atom. The van der Waals surface area contributed by atoms with Gasteiger partial charge in [-0.3, -0.25) is 0 Å². The molecule has 0 atom stereocenters. The zero-order valence-corrected chi connectivity index (χ0v) is 18.9. The molecule has 0 radical (unpaired) electrons. The van der Waals surface area contributed by atoms with E-state index in [1.165, 1.54) is 49.8 Å². The number of hydrogen-bond acceptors (Lipinski definition) is 1. The predicted octanol–water partition coefficient (Wildman–Crippen LogP) is 7.48. The molecule has 0 spiro atoms. The van der Waals surface area contributed by atoms with Gasteiger partial charge in [0.25, 0.3) is 0 Å². The third kappa shape index (κ3) is 3.33. The number of hydrogen-bond donors (Lipinski definition) is 0. The van der Waals surface area contributed by atoms with Crippen molar-refractivity contribution in [1.29, 1.82) is 0 Å². The summed E-state index contributed by atoms with van der Waals surface area (Å²) in [6, 6.07) is 24.1. The van der Waals surface area contributed by atoms with E-state index in [-0.39, 0.29) is 0 Å². The molecule has 2 nitrogen and oxygen atoms in total. The molecule has 3 aromatic carbocycles. The van der Waals surface area contributed by atoms with Crippen molar-refractivity contribution in [1.82, 2.24) is 0 Å². The van der Waals surface area contributed by atoms with Gasteiger partial charge in [-0.05, 0) is 66.3 Å². The highest BCUT2D eigenvalue weighted by Crippen LogP contribution is 2.35. The standard InChI is InChI=1S/C29H28NO/c1-18(2)21-10-12-24-25-13-11-22(15-29(25)31-28(24)14-21)26-16-27(30(5)17-20(26)4)23-9-7-6-8-19(23)3/h6-18H,1-5H3/q+1. The second-order valence-corrected chi connectivity index (χ2v) is 8.90. The number of furan rings is 1. The van der Waals surface area contributed by atoms with Crippen LogP contribution >= 0.6 is 0 Å². The van der Waals surface area contributed by atoms with Crippen molar-refractivity contribution in [3.8, 4) is 22.4 Å². The molecule has 0 bridgehead atoms. The molecule has 0 aliphatic carbocycles. The van der Waals surface area contributed by atoms with Crippen LogP contribution in [0.1, 0.15) is 36.5 Å². The number of aryl methyl sites for hydroxylation is 3. The highest BCUT2D eigenvalue weighted by atomic mass is 16.3. The largest absolute Gasteiger partial charge is 0.456 e. The summed E-state index contributed by atoms with van der Waals surface area (Å²) in [7, 11) is 2.12. The van der Waals surface area contributed by atoms with Crippen LogP contribution in [-0.4, -0.2) is 0 Å². The van der Waals surface area contributed by atoms with Crippen LogP contribution in [0.15, 0.2) is 77.3 Å². The van der Waals surface area contributed by atoms with E-state index in [0.717, 1.165) is 11.2 Å². The average Bonchev–Trinajstić information content (AvgIpc) is 3.11. The molecule has 5 rings (SSSR count). The van der Waals surface area contributed by atoms with Crippen molar-refractivity contribution in [2.45, 2.75) is 33.6 Å². The molecule has 0 fully saturated rings. The van der Waals surface area contributed by atoms with E-state index in [1.54, 1.807) is 0 Å². The average molecular weight is 407 g/mol. The van der Waals surface area contributed by atoms with Crippen LogP contribution < -0.4 is 4.57 Å². The Morgan fingerprint density at radius 2 is 1.45 bits per heavy atom. The van der Waals surface area contributed by atoms with Crippen LogP contribution in [0.5, 0.6) is 0 Å². The number of aromatic nitrogens is 1. The van der Waals surface area contributed by atoms with E-state index in [9.17, 15) is 0 Å². The van der Waals surface area contributed by atoms with Crippen LogP contribution in [0.4, 0.5) is 0 Å². The second kappa shape index (κ2) is 7.39. The molecule has 31 heavy (non-hydrogen) atoms. The SMILES string of the molecule is Cc1c[n+](C)c(-c2ccccc2C)cc1-c1ccc2c(c1)oc1cc(C(C)C)ccc12. The van der Waals surface area contributed by atoms with E-state index >= 15 is 0 Å². The lowest BCUT2D eigenvalue weighted by Gasteiger charge is -2.10. The first-order valence-electron chi connectivity index (χ1n) is 11.0. The Bertz CT molecular complexity index is 1440. The van der Waals surface area contributed by atoms with Crippen LogP contribution in [-0.2, 0) is 7.05 Å². The maximum absolute atomic E-state index is 6.30. The molecular formula is C29H28NO+. The molecule has 5 aromatic rings. The lowest BCUT2D eigenvalue weighted by atomic mass is 9.96. The van der Waals surface area contributed by atoms with E-state index in [0.29, 0.717) is 5.92 Å². The van der Waals surface area contributed by atoms with Gasteiger partial charge in [-0.25, -0.2) is 4.57 Å².